The summed E-state index contributed by atoms with van der Waals surface area (Å²) in [6.45, 7) is 0.779. The van der Waals surface area contributed by atoms with Crippen molar-refractivity contribution in [3.05, 3.63) is 0 Å². The maximum atomic E-state index is 11.5. The highest BCUT2D eigenvalue weighted by Crippen LogP contribution is 2.35. The summed E-state index contributed by atoms with van der Waals surface area (Å²) >= 11 is 0. The Morgan fingerprint density at radius 1 is 1.32 bits per heavy atom. The molecular formula is C12H23N3O4. The summed E-state index contributed by atoms with van der Waals surface area (Å²) < 4.78 is 4.81. The summed E-state index contributed by atoms with van der Waals surface area (Å²) in [5.41, 5.74) is 0.0944. The molecule has 3 N–H and O–H groups in total. The molecule has 110 valence electrons. The number of ether oxygens (including phenoxy) is 1. The molecular weight excluding hydrogens is 250 g/mol. The molecule has 0 heterocycles. The van der Waals surface area contributed by atoms with Crippen molar-refractivity contribution in [1.82, 2.24) is 15.5 Å². The van der Waals surface area contributed by atoms with Gasteiger partial charge in [-0.3, -0.25) is 0 Å². The summed E-state index contributed by atoms with van der Waals surface area (Å²) in [6, 6.07) is -0.243. The predicted molar refractivity (Wildman–Crippen MR) is 70.1 cm³/mol. The van der Waals surface area contributed by atoms with Gasteiger partial charge in [0.15, 0.2) is 0 Å². The van der Waals surface area contributed by atoms with Crippen LogP contribution in [0.15, 0.2) is 0 Å². The van der Waals surface area contributed by atoms with Gasteiger partial charge in [-0.1, -0.05) is 0 Å². The molecule has 0 aromatic rings. The smallest absolute Gasteiger partial charge is 0.329 e. The Labute approximate surface area is 113 Å². The van der Waals surface area contributed by atoms with Crippen molar-refractivity contribution in [2.75, 3.05) is 40.4 Å². The number of hydrogen-bond acceptors (Lipinski definition) is 4. The van der Waals surface area contributed by atoms with Crippen LogP contribution in [-0.2, 0) is 9.53 Å². The maximum Gasteiger partial charge on any atom is 0.329 e. The van der Waals surface area contributed by atoms with Crippen LogP contribution in [0.2, 0.25) is 0 Å². The highest BCUT2D eigenvalue weighted by Gasteiger charge is 2.39. The highest BCUT2D eigenvalue weighted by molar-refractivity contribution is 5.73. The highest BCUT2D eigenvalue weighted by atomic mass is 16.5. The minimum Gasteiger partial charge on any atom is -0.480 e. The Hall–Kier alpha value is -1.34. The zero-order valence-corrected chi connectivity index (χ0v) is 11.6. The molecule has 0 aromatic heterocycles. The molecule has 1 saturated carbocycles. The largest absolute Gasteiger partial charge is 0.480 e. The molecule has 0 spiro atoms. The van der Waals surface area contributed by atoms with Gasteiger partial charge < -0.3 is 25.4 Å². The average molecular weight is 273 g/mol. The first-order valence-corrected chi connectivity index (χ1v) is 6.45. The van der Waals surface area contributed by atoms with Gasteiger partial charge in [-0.15, -0.1) is 0 Å². The van der Waals surface area contributed by atoms with Crippen LogP contribution in [0.3, 0.4) is 0 Å². The molecule has 7 heteroatoms. The quantitative estimate of drug-likeness (QED) is 0.536. The van der Waals surface area contributed by atoms with Gasteiger partial charge in [0.05, 0.1) is 6.61 Å². The number of nitrogens with zero attached hydrogens (tertiary/aromatic N) is 1. The summed E-state index contributed by atoms with van der Waals surface area (Å²) in [7, 11) is 4.05. The third kappa shape index (κ3) is 5.04. The Balaban J connectivity index is 2.09. The molecule has 1 rings (SSSR count). The molecule has 19 heavy (non-hydrogen) atoms. The van der Waals surface area contributed by atoms with E-state index in [1.807, 2.05) is 14.1 Å². The number of carbonyl (C=O) groups excluding carboxylic acids is 1. The fraction of sp³-hybridized carbons (Fsp3) is 0.833. The van der Waals surface area contributed by atoms with Crippen LogP contribution in [0.5, 0.6) is 0 Å². The first-order valence-electron chi connectivity index (χ1n) is 6.45. The lowest BCUT2D eigenvalue weighted by atomic mass is 9.75. The fourth-order valence-electron chi connectivity index (χ4n) is 2.07. The summed E-state index contributed by atoms with van der Waals surface area (Å²) in [5, 5.41) is 13.8. The van der Waals surface area contributed by atoms with Crippen molar-refractivity contribution in [3.8, 4) is 0 Å². The number of amides is 2. The van der Waals surface area contributed by atoms with Crippen molar-refractivity contribution >= 4 is 12.0 Å². The van der Waals surface area contributed by atoms with Crippen LogP contribution in [0.4, 0.5) is 4.79 Å². The monoisotopic (exact) mass is 273 g/mol. The number of carbonyl (C=O) groups is 2. The van der Waals surface area contributed by atoms with Gasteiger partial charge in [-0.2, -0.15) is 0 Å². The Kier molecular flexibility index (Phi) is 6.04. The van der Waals surface area contributed by atoms with E-state index in [0.29, 0.717) is 13.1 Å². The minimum absolute atomic E-state index is 0.0944. The predicted octanol–water partition coefficient (Wildman–Crippen LogP) is -0.129. The van der Waals surface area contributed by atoms with Crippen molar-refractivity contribution in [2.24, 2.45) is 0 Å². The van der Waals surface area contributed by atoms with E-state index in [1.54, 1.807) is 0 Å². The van der Waals surface area contributed by atoms with E-state index in [1.165, 1.54) is 6.42 Å². The molecule has 0 aliphatic heterocycles. The van der Waals surface area contributed by atoms with Gasteiger partial charge in [0.1, 0.15) is 6.61 Å². The van der Waals surface area contributed by atoms with Crippen LogP contribution < -0.4 is 10.6 Å². The van der Waals surface area contributed by atoms with Crippen LogP contribution in [-0.4, -0.2) is 67.9 Å². The topological polar surface area (TPSA) is 90.9 Å². The number of urea groups is 1. The van der Waals surface area contributed by atoms with Gasteiger partial charge in [-0.25, -0.2) is 9.59 Å². The second-order valence-electron chi connectivity index (χ2n) is 5.03. The van der Waals surface area contributed by atoms with Gasteiger partial charge in [0.2, 0.25) is 0 Å². The van der Waals surface area contributed by atoms with Gasteiger partial charge in [-0.05, 0) is 33.4 Å². The van der Waals surface area contributed by atoms with Crippen molar-refractivity contribution in [2.45, 2.75) is 24.8 Å². The number of rotatable bonds is 8. The number of aliphatic carboxylic acids is 1. The molecule has 0 bridgehead atoms. The number of hydrogen-bond donors (Lipinski definition) is 3. The molecule has 1 aliphatic carbocycles. The normalized spacial score (nSPS) is 16.8. The molecule has 0 aromatic carbocycles. The van der Waals surface area contributed by atoms with Gasteiger partial charge >= 0.3 is 12.0 Å². The Morgan fingerprint density at radius 3 is 2.47 bits per heavy atom. The SMILES string of the molecule is CN(C)C1(CNC(=O)NCCOCC(=O)O)CCC1. The molecule has 0 unspecified atom stereocenters. The van der Waals surface area contributed by atoms with E-state index < -0.39 is 5.97 Å². The Bertz CT molecular complexity index is 316. The Morgan fingerprint density at radius 2 is 2.00 bits per heavy atom. The van der Waals surface area contributed by atoms with Crippen LogP contribution in [0, 0.1) is 0 Å². The molecule has 1 fully saturated rings. The standard InChI is InChI=1S/C12H23N3O4/c1-15(2)12(4-3-5-12)9-14-11(18)13-6-7-19-8-10(16)17/h3-9H2,1-2H3,(H,16,17)(H2,13,14,18). The molecule has 0 saturated heterocycles. The van der Waals surface area contributed by atoms with Crippen LogP contribution >= 0.6 is 0 Å². The van der Waals surface area contributed by atoms with E-state index in [-0.39, 0.29) is 24.8 Å². The number of carboxylic acids is 1. The van der Waals surface area contributed by atoms with Gasteiger partial charge in [0, 0.05) is 18.6 Å². The lowest BCUT2D eigenvalue weighted by molar-refractivity contribution is -0.142. The summed E-state index contributed by atoms with van der Waals surface area (Å²) in [5.74, 6) is -1.01. The second kappa shape index (κ2) is 7.30. The van der Waals surface area contributed by atoms with E-state index in [4.69, 9.17) is 9.84 Å². The summed E-state index contributed by atoms with van der Waals surface area (Å²) in [4.78, 5) is 23.9. The van der Waals surface area contributed by atoms with Crippen molar-refractivity contribution in [1.29, 1.82) is 0 Å². The number of carboxylic acid groups (broad SMARTS) is 1. The molecule has 0 atom stereocenters. The second-order valence-corrected chi connectivity index (χ2v) is 5.03. The lowest BCUT2D eigenvalue weighted by Gasteiger charge is -2.47. The van der Waals surface area contributed by atoms with E-state index in [0.717, 1.165) is 12.8 Å². The summed E-state index contributed by atoms with van der Waals surface area (Å²) in [6.07, 6.45) is 3.40. The minimum atomic E-state index is -1.01. The van der Waals surface area contributed by atoms with E-state index in [2.05, 4.69) is 15.5 Å². The molecule has 0 radical (unpaired) electrons. The van der Waals surface area contributed by atoms with Crippen LogP contribution in [0.25, 0.3) is 0 Å². The maximum absolute atomic E-state index is 11.5. The van der Waals surface area contributed by atoms with Crippen LogP contribution in [0.1, 0.15) is 19.3 Å². The third-order valence-electron chi connectivity index (χ3n) is 3.57. The molecule has 7 nitrogen and oxygen atoms in total. The number of likely N-dealkylation sites (N-methyl/N-ethyl adjacent to an activating group) is 1. The van der Waals surface area contributed by atoms with Gasteiger partial charge in [0.25, 0.3) is 0 Å². The molecule has 2 amide bonds. The zero-order valence-electron chi connectivity index (χ0n) is 11.6. The average Bonchev–Trinajstić information content (AvgIpc) is 2.26. The lowest BCUT2D eigenvalue weighted by Crippen LogP contribution is -2.58. The first-order chi connectivity index (χ1) is 8.96. The number of nitrogens with one attached hydrogen (secondary N) is 2. The van der Waals surface area contributed by atoms with E-state index in [9.17, 15) is 9.59 Å². The zero-order chi connectivity index (χ0) is 14.3. The van der Waals surface area contributed by atoms with Crippen molar-refractivity contribution in [3.63, 3.8) is 0 Å². The van der Waals surface area contributed by atoms with Crippen molar-refractivity contribution < 1.29 is 19.4 Å². The molecule has 1 aliphatic rings. The third-order valence-corrected chi connectivity index (χ3v) is 3.57. The first kappa shape index (κ1) is 15.7. The fourth-order valence-corrected chi connectivity index (χ4v) is 2.07. The van der Waals surface area contributed by atoms with E-state index >= 15 is 0 Å².